The SMILES string of the molecule is O=C(O)C[C@H](NC(=O)[C@H](Cc1ccccc1)NC(=O)[C@H](Cc1ccccc1)NC(=O)OCC1c2ccccc2-c2ccccc21)C(=O)N[C@@H]1[C@@H](O)[C@H](O)[C@@H](CO)O[C@H]1O. The van der Waals surface area contributed by atoms with Gasteiger partial charge in [-0.3, -0.25) is 19.2 Å². The molecule has 0 bridgehead atoms. The van der Waals surface area contributed by atoms with Gasteiger partial charge in [0, 0.05) is 18.8 Å². The highest BCUT2D eigenvalue weighted by molar-refractivity contribution is 5.95. The summed E-state index contributed by atoms with van der Waals surface area (Å²) >= 11 is 0. The van der Waals surface area contributed by atoms with Gasteiger partial charge >= 0.3 is 12.1 Å². The second-order valence-electron chi connectivity index (χ2n) is 14.4. The molecule has 8 atom stereocenters. The molecule has 310 valence electrons. The molecule has 6 rings (SSSR count). The van der Waals surface area contributed by atoms with Crippen LogP contribution < -0.4 is 21.3 Å². The van der Waals surface area contributed by atoms with Gasteiger partial charge in [-0.2, -0.15) is 0 Å². The zero-order valence-electron chi connectivity index (χ0n) is 31.7. The number of fused-ring (bicyclic) bond motifs is 3. The Morgan fingerprint density at radius 2 is 1.12 bits per heavy atom. The molecule has 0 radical (unpaired) electrons. The summed E-state index contributed by atoms with van der Waals surface area (Å²) in [6.07, 6.45) is -8.79. The van der Waals surface area contributed by atoms with E-state index in [4.69, 9.17) is 9.47 Å². The Kier molecular flexibility index (Phi) is 14.0. The molecule has 16 heteroatoms. The third-order valence-corrected chi connectivity index (χ3v) is 10.4. The van der Waals surface area contributed by atoms with Gasteiger partial charge in [-0.25, -0.2) is 4.79 Å². The van der Waals surface area contributed by atoms with E-state index in [0.29, 0.717) is 11.1 Å². The molecule has 0 unspecified atom stereocenters. The summed E-state index contributed by atoms with van der Waals surface area (Å²) in [6.45, 7) is -0.775. The second kappa shape index (κ2) is 19.5. The van der Waals surface area contributed by atoms with Gasteiger partial charge < -0.3 is 56.3 Å². The van der Waals surface area contributed by atoms with Crippen LogP contribution in [0, 0.1) is 0 Å². The van der Waals surface area contributed by atoms with Crippen LogP contribution in [0.5, 0.6) is 0 Å². The number of benzene rings is 4. The molecule has 1 aliphatic carbocycles. The fourth-order valence-electron chi connectivity index (χ4n) is 7.35. The zero-order chi connectivity index (χ0) is 42.1. The van der Waals surface area contributed by atoms with Crippen LogP contribution in [-0.2, 0) is 41.5 Å². The summed E-state index contributed by atoms with van der Waals surface area (Å²) in [4.78, 5) is 66.9. The Bertz CT molecular complexity index is 2060. The van der Waals surface area contributed by atoms with E-state index in [1.165, 1.54) is 0 Å². The van der Waals surface area contributed by atoms with Crippen molar-refractivity contribution < 1.29 is 59.0 Å². The number of alkyl carbamates (subject to hydrolysis) is 1. The van der Waals surface area contributed by atoms with Gasteiger partial charge in [0.05, 0.1) is 13.0 Å². The van der Waals surface area contributed by atoms with E-state index in [9.17, 15) is 49.5 Å². The van der Waals surface area contributed by atoms with Crippen molar-refractivity contribution in [1.82, 2.24) is 21.3 Å². The highest BCUT2D eigenvalue weighted by Gasteiger charge is 2.45. The average molecular weight is 811 g/mol. The molecule has 0 spiro atoms. The van der Waals surface area contributed by atoms with Gasteiger partial charge in [0.25, 0.3) is 0 Å². The van der Waals surface area contributed by atoms with E-state index in [2.05, 4.69) is 21.3 Å². The highest BCUT2D eigenvalue weighted by Crippen LogP contribution is 2.44. The lowest BCUT2D eigenvalue weighted by atomic mass is 9.96. The summed E-state index contributed by atoms with van der Waals surface area (Å²) in [7, 11) is 0. The van der Waals surface area contributed by atoms with Crippen molar-refractivity contribution in [2.24, 2.45) is 0 Å². The van der Waals surface area contributed by atoms with Crippen LogP contribution in [0.2, 0.25) is 0 Å². The first-order valence-electron chi connectivity index (χ1n) is 19.1. The lowest BCUT2D eigenvalue weighted by Crippen LogP contribution is -2.66. The standard InChI is InChI=1S/C43H46N4O12/c48-22-34-37(51)38(52)36(42(56)59-34)47-41(55)33(21-35(49)50)45-39(53)31(19-24-11-3-1-4-12-24)44-40(54)32(20-25-13-5-2-6-14-25)46-43(57)58-23-30-28-17-9-7-15-26(28)27-16-8-10-18-29(27)30/h1-18,30-34,36-38,42,48,51-52,56H,19-23H2,(H,44,54)(H,45,53)(H,46,57)(H,47,55)(H,49,50)/t31-,32-,33-,34+,36+,37+,38+,42+/m0/s1. The van der Waals surface area contributed by atoms with Gasteiger partial charge in [-0.15, -0.1) is 0 Å². The third kappa shape index (κ3) is 10.5. The number of nitrogens with one attached hydrogen (secondary N) is 4. The molecule has 2 aliphatic rings. The molecule has 4 aromatic carbocycles. The van der Waals surface area contributed by atoms with E-state index in [-0.39, 0.29) is 25.4 Å². The Morgan fingerprint density at radius 1 is 0.627 bits per heavy atom. The number of carbonyl (C=O) groups is 5. The minimum atomic E-state index is -1.91. The summed E-state index contributed by atoms with van der Waals surface area (Å²) in [6, 6.07) is 26.9. The molecular weight excluding hydrogens is 764 g/mol. The fraction of sp³-hybridized carbons (Fsp3) is 0.326. The number of aliphatic hydroxyl groups excluding tert-OH is 4. The van der Waals surface area contributed by atoms with E-state index in [1.807, 2.05) is 48.5 Å². The zero-order valence-corrected chi connectivity index (χ0v) is 31.7. The van der Waals surface area contributed by atoms with Crippen LogP contribution >= 0.6 is 0 Å². The van der Waals surface area contributed by atoms with Crippen LogP contribution in [-0.4, -0.2) is 117 Å². The Balaban J connectivity index is 1.19. The number of aliphatic hydroxyl groups is 4. The number of carboxylic acids is 1. The van der Waals surface area contributed by atoms with Crippen LogP contribution in [0.15, 0.2) is 109 Å². The van der Waals surface area contributed by atoms with Crippen molar-refractivity contribution in [3.8, 4) is 11.1 Å². The van der Waals surface area contributed by atoms with Crippen molar-refractivity contribution >= 4 is 29.8 Å². The predicted octanol–water partition coefficient (Wildman–Crippen LogP) is 0.740. The molecule has 9 N–H and O–H groups in total. The monoisotopic (exact) mass is 810 g/mol. The molecule has 4 aromatic rings. The minimum absolute atomic E-state index is 0.00229. The molecule has 0 saturated carbocycles. The Hall–Kier alpha value is -6.17. The number of carboxylic acid groups (broad SMARTS) is 1. The maximum absolute atomic E-state index is 14.1. The second-order valence-corrected chi connectivity index (χ2v) is 14.4. The molecule has 1 heterocycles. The van der Waals surface area contributed by atoms with E-state index < -0.39 is 91.6 Å². The van der Waals surface area contributed by atoms with Crippen LogP contribution in [0.4, 0.5) is 4.79 Å². The first kappa shape index (κ1) is 42.4. The van der Waals surface area contributed by atoms with Crippen molar-refractivity contribution in [1.29, 1.82) is 0 Å². The van der Waals surface area contributed by atoms with Gasteiger partial charge in [0.1, 0.15) is 49.1 Å². The molecule has 1 aliphatic heterocycles. The third-order valence-electron chi connectivity index (χ3n) is 10.4. The van der Waals surface area contributed by atoms with E-state index in [1.54, 1.807) is 60.7 Å². The molecular formula is C43H46N4O12. The number of carbonyl (C=O) groups excluding carboxylic acids is 4. The molecule has 1 saturated heterocycles. The number of hydrogen-bond donors (Lipinski definition) is 9. The maximum atomic E-state index is 14.1. The molecule has 1 fully saturated rings. The number of hydrogen-bond acceptors (Lipinski definition) is 11. The molecule has 59 heavy (non-hydrogen) atoms. The van der Waals surface area contributed by atoms with E-state index in [0.717, 1.165) is 22.3 Å². The van der Waals surface area contributed by atoms with Gasteiger partial charge in [-0.1, -0.05) is 109 Å². The lowest BCUT2D eigenvalue weighted by Gasteiger charge is -2.40. The molecule has 4 amide bonds. The first-order valence-corrected chi connectivity index (χ1v) is 19.1. The largest absolute Gasteiger partial charge is 0.481 e. The summed E-state index contributed by atoms with van der Waals surface area (Å²) < 4.78 is 10.8. The van der Waals surface area contributed by atoms with Crippen LogP contribution in [0.25, 0.3) is 11.1 Å². The van der Waals surface area contributed by atoms with Gasteiger partial charge in [0.2, 0.25) is 17.7 Å². The van der Waals surface area contributed by atoms with Gasteiger partial charge in [-0.05, 0) is 33.4 Å². The Labute approximate surface area is 339 Å². The summed E-state index contributed by atoms with van der Waals surface area (Å²) in [5.41, 5.74) is 5.35. The number of rotatable bonds is 16. The average Bonchev–Trinajstić information content (AvgIpc) is 3.56. The minimum Gasteiger partial charge on any atom is -0.481 e. The number of aliphatic carboxylic acids is 1. The highest BCUT2D eigenvalue weighted by atomic mass is 16.6. The maximum Gasteiger partial charge on any atom is 0.407 e. The predicted molar refractivity (Wildman–Crippen MR) is 210 cm³/mol. The number of ether oxygens (including phenoxy) is 2. The fourth-order valence-corrected chi connectivity index (χ4v) is 7.35. The van der Waals surface area contributed by atoms with Crippen LogP contribution in [0.3, 0.4) is 0 Å². The smallest absolute Gasteiger partial charge is 0.407 e. The van der Waals surface area contributed by atoms with Crippen molar-refractivity contribution in [2.75, 3.05) is 13.2 Å². The van der Waals surface area contributed by atoms with Crippen molar-refractivity contribution in [3.63, 3.8) is 0 Å². The van der Waals surface area contributed by atoms with E-state index >= 15 is 0 Å². The Morgan fingerprint density at radius 3 is 1.64 bits per heavy atom. The lowest BCUT2D eigenvalue weighted by molar-refractivity contribution is -0.254. The first-order chi connectivity index (χ1) is 28.4. The van der Waals surface area contributed by atoms with Crippen molar-refractivity contribution in [2.45, 2.75) is 73.9 Å². The summed E-state index contributed by atoms with van der Waals surface area (Å²) in [5.74, 6) is -4.65. The van der Waals surface area contributed by atoms with Gasteiger partial charge in [0.15, 0.2) is 6.29 Å². The topological polar surface area (TPSA) is 253 Å². The quantitative estimate of drug-likeness (QED) is 0.0760. The van der Waals surface area contributed by atoms with Crippen LogP contribution in [0.1, 0.15) is 34.6 Å². The normalized spacial score (nSPS) is 21.1. The summed E-state index contributed by atoms with van der Waals surface area (Å²) in [5, 5.41) is 60.1. The number of amides is 4. The molecule has 16 nitrogen and oxygen atoms in total. The van der Waals surface area contributed by atoms with Crippen molar-refractivity contribution in [3.05, 3.63) is 131 Å². The molecule has 0 aromatic heterocycles.